The van der Waals surface area contributed by atoms with Crippen LogP contribution >= 0.6 is 11.6 Å². The number of ether oxygens (including phenoxy) is 1. The van der Waals surface area contributed by atoms with Gasteiger partial charge in [0.05, 0.1) is 0 Å². The summed E-state index contributed by atoms with van der Waals surface area (Å²) in [5.41, 5.74) is 0.325. The van der Waals surface area contributed by atoms with Gasteiger partial charge in [0.25, 0.3) is 0 Å². The number of halogens is 1. The van der Waals surface area contributed by atoms with Gasteiger partial charge in [-0.25, -0.2) is 0 Å². The first-order valence-corrected chi connectivity index (χ1v) is 6.41. The zero-order chi connectivity index (χ0) is 13.9. The smallest absolute Gasteiger partial charge is 0.202 e. The van der Waals surface area contributed by atoms with Crippen molar-refractivity contribution in [3.8, 4) is 0 Å². The molecule has 0 spiro atoms. The van der Waals surface area contributed by atoms with Crippen molar-refractivity contribution in [2.24, 2.45) is 0 Å². The van der Waals surface area contributed by atoms with E-state index in [0.717, 1.165) is 10.6 Å². The third-order valence-corrected chi connectivity index (χ3v) is 3.02. The molecule has 1 heterocycles. The van der Waals surface area contributed by atoms with E-state index in [2.05, 4.69) is 0 Å². The lowest BCUT2D eigenvalue weighted by atomic mass is 10.1. The fourth-order valence-corrected chi connectivity index (χ4v) is 1.78. The molecule has 3 heteroatoms. The number of rotatable bonds is 3. The number of benzene rings is 1. The van der Waals surface area contributed by atoms with Gasteiger partial charge in [-0.2, -0.15) is 0 Å². The van der Waals surface area contributed by atoms with Gasteiger partial charge < -0.3 is 4.74 Å². The summed E-state index contributed by atoms with van der Waals surface area (Å²) in [6, 6.07) is 7.55. The van der Waals surface area contributed by atoms with Gasteiger partial charge in [-0.3, -0.25) is 4.79 Å². The molecule has 0 atom stereocenters. The molecule has 2 nitrogen and oxygen atoms in total. The Bertz CT molecular complexity index is 563. The first-order chi connectivity index (χ1) is 8.97. The minimum Gasteiger partial charge on any atom is -0.480 e. The molecule has 1 aliphatic heterocycles. The molecule has 1 aromatic rings. The van der Waals surface area contributed by atoms with Crippen LogP contribution in [0, 0.1) is 0 Å². The molecule has 19 heavy (non-hydrogen) atoms. The van der Waals surface area contributed by atoms with Crippen LogP contribution in [0.15, 0.2) is 54.3 Å². The summed E-state index contributed by atoms with van der Waals surface area (Å²) < 4.78 is 5.50. The van der Waals surface area contributed by atoms with Gasteiger partial charge in [0.1, 0.15) is 5.76 Å². The highest BCUT2D eigenvalue weighted by Crippen LogP contribution is 2.24. The van der Waals surface area contributed by atoms with E-state index in [-0.39, 0.29) is 5.78 Å². The molecule has 0 bridgehead atoms. The minimum absolute atomic E-state index is 0.00571. The standard InChI is InChI=1S/C16H15ClO2/c1-16(2)15(18)11-14(19-16)6-4-3-5-12-7-9-13(17)10-8-12/h3-11H,1-2H3. The van der Waals surface area contributed by atoms with Gasteiger partial charge in [-0.15, -0.1) is 0 Å². The Kier molecular flexibility index (Phi) is 3.91. The Balaban J connectivity index is 1.96. The molecule has 0 fully saturated rings. The summed E-state index contributed by atoms with van der Waals surface area (Å²) in [6.45, 7) is 3.52. The predicted molar refractivity (Wildman–Crippen MR) is 77.9 cm³/mol. The highest BCUT2D eigenvalue weighted by atomic mass is 35.5. The van der Waals surface area contributed by atoms with E-state index in [0.29, 0.717) is 5.76 Å². The first kappa shape index (κ1) is 13.6. The summed E-state index contributed by atoms with van der Waals surface area (Å²) in [5.74, 6) is 0.588. The van der Waals surface area contributed by atoms with Crippen molar-refractivity contribution in [2.75, 3.05) is 0 Å². The molecule has 0 saturated heterocycles. The third-order valence-electron chi connectivity index (χ3n) is 2.77. The average Bonchev–Trinajstić information content (AvgIpc) is 2.61. The predicted octanol–water partition coefficient (Wildman–Crippen LogP) is 4.17. The number of carbonyl (C=O) groups is 1. The van der Waals surface area contributed by atoms with E-state index in [4.69, 9.17) is 16.3 Å². The number of ketones is 1. The number of allylic oxidation sites excluding steroid dienone is 3. The van der Waals surface area contributed by atoms with Crippen LogP contribution in [0.4, 0.5) is 0 Å². The van der Waals surface area contributed by atoms with E-state index in [1.165, 1.54) is 6.08 Å². The SMILES string of the molecule is CC1(C)OC(C=CC=Cc2ccc(Cl)cc2)=CC1=O. The van der Waals surface area contributed by atoms with Crippen molar-refractivity contribution in [1.29, 1.82) is 0 Å². The number of carbonyl (C=O) groups excluding carboxylic acids is 1. The summed E-state index contributed by atoms with van der Waals surface area (Å²) in [4.78, 5) is 11.5. The topological polar surface area (TPSA) is 26.3 Å². The van der Waals surface area contributed by atoms with Gasteiger partial charge in [-0.1, -0.05) is 42.0 Å². The Morgan fingerprint density at radius 3 is 2.32 bits per heavy atom. The van der Waals surface area contributed by atoms with Gasteiger partial charge in [0.2, 0.25) is 5.78 Å². The maximum absolute atomic E-state index is 11.5. The molecule has 0 N–H and O–H groups in total. The van der Waals surface area contributed by atoms with Crippen molar-refractivity contribution in [3.63, 3.8) is 0 Å². The zero-order valence-corrected chi connectivity index (χ0v) is 11.6. The van der Waals surface area contributed by atoms with Crippen molar-refractivity contribution >= 4 is 23.5 Å². The monoisotopic (exact) mass is 274 g/mol. The maximum atomic E-state index is 11.5. The van der Waals surface area contributed by atoms with Crippen LogP contribution in [0.1, 0.15) is 19.4 Å². The number of hydrogen-bond donors (Lipinski definition) is 0. The lowest BCUT2D eigenvalue weighted by Gasteiger charge is -2.16. The fraction of sp³-hybridized carbons (Fsp3) is 0.188. The largest absolute Gasteiger partial charge is 0.480 e. The second-order valence-electron chi connectivity index (χ2n) is 4.79. The molecule has 0 amide bonds. The van der Waals surface area contributed by atoms with Crippen molar-refractivity contribution in [1.82, 2.24) is 0 Å². The normalized spacial score (nSPS) is 18.1. The second-order valence-corrected chi connectivity index (χ2v) is 5.23. The van der Waals surface area contributed by atoms with Crippen LogP contribution < -0.4 is 0 Å². The van der Waals surface area contributed by atoms with E-state index >= 15 is 0 Å². The van der Waals surface area contributed by atoms with Crippen LogP contribution in [0.2, 0.25) is 5.02 Å². The molecule has 0 unspecified atom stereocenters. The zero-order valence-electron chi connectivity index (χ0n) is 10.9. The summed E-state index contributed by atoms with van der Waals surface area (Å²) in [5, 5.41) is 0.720. The Hall–Kier alpha value is -1.80. The highest BCUT2D eigenvalue weighted by molar-refractivity contribution is 6.30. The fourth-order valence-electron chi connectivity index (χ4n) is 1.65. The van der Waals surface area contributed by atoms with Crippen LogP contribution in [0.25, 0.3) is 6.08 Å². The Morgan fingerprint density at radius 1 is 1.11 bits per heavy atom. The van der Waals surface area contributed by atoms with Gasteiger partial charge in [0, 0.05) is 11.1 Å². The lowest BCUT2D eigenvalue weighted by molar-refractivity contribution is -0.126. The molecule has 0 aliphatic carbocycles. The lowest BCUT2D eigenvalue weighted by Crippen LogP contribution is -2.27. The Morgan fingerprint density at radius 2 is 1.74 bits per heavy atom. The van der Waals surface area contributed by atoms with Crippen LogP contribution in [0.5, 0.6) is 0 Å². The summed E-state index contributed by atoms with van der Waals surface area (Å²) in [7, 11) is 0. The summed E-state index contributed by atoms with van der Waals surface area (Å²) >= 11 is 5.81. The summed E-state index contributed by atoms with van der Waals surface area (Å²) in [6.07, 6.45) is 8.99. The maximum Gasteiger partial charge on any atom is 0.202 e. The molecular weight excluding hydrogens is 260 g/mol. The van der Waals surface area contributed by atoms with Gasteiger partial charge >= 0.3 is 0 Å². The quantitative estimate of drug-likeness (QED) is 0.773. The third kappa shape index (κ3) is 3.58. The molecule has 0 saturated carbocycles. The van der Waals surface area contributed by atoms with E-state index in [1.807, 2.05) is 42.5 Å². The first-order valence-electron chi connectivity index (χ1n) is 6.03. The second kappa shape index (κ2) is 5.45. The molecular formula is C16H15ClO2. The van der Waals surface area contributed by atoms with E-state index in [1.54, 1.807) is 19.9 Å². The van der Waals surface area contributed by atoms with E-state index < -0.39 is 5.60 Å². The minimum atomic E-state index is -0.737. The highest BCUT2D eigenvalue weighted by Gasteiger charge is 2.33. The Labute approximate surface area is 118 Å². The molecule has 0 aromatic heterocycles. The van der Waals surface area contributed by atoms with Crippen LogP contribution in [0.3, 0.4) is 0 Å². The molecule has 1 aromatic carbocycles. The van der Waals surface area contributed by atoms with Crippen LogP contribution in [-0.2, 0) is 9.53 Å². The molecule has 1 aliphatic rings. The molecule has 0 radical (unpaired) electrons. The van der Waals surface area contributed by atoms with Gasteiger partial charge in [0.15, 0.2) is 5.60 Å². The molecule has 98 valence electrons. The average molecular weight is 275 g/mol. The van der Waals surface area contributed by atoms with Crippen molar-refractivity contribution < 1.29 is 9.53 Å². The van der Waals surface area contributed by atoms with Gasteiger partial charge in [-0.05, 0) is 37.6 Å². The number of hydrogen-bond acceptors (Lipinski definition) is 2. The van der Waals surface area contributed by atoms with E-state index in [9.17, 15) is 4.79 Å². The van der Waals surface area contributed by atoms with Crippen LogP contribution in [-0.4, -0.2) is 11.4 Å². The molecule has 2 rings (SSSR count). The van der Waals surface area contributed by atoms with Crippen molar-refractivity contribution in [2.45, 2.75) is 19.4 Å². The van der Waals surface area contributed by atoms with Crippen molar-refractivity contribution in [3.05, 3.63) is 64.9 Å².